The highest BCUT2D eigenvalue weighted by atomic mass is 16.2. The highest BCUT2D eigenvalue weighted by molar-refractivity contribution is 6.05. The van der Waals surface area contributed by atoms with E-state index < -0.39 is 6.04 Å². The Bertz CT molecular complexity index is 632. The van der Waals surface area contributed by atoms with Gasteiger partial charge in [-0.05, 0) is 31.4 Å². The zero-order chi connectivity index (χ0) is 17.1. The van der Waals surface area contributed by atoms with Crippen molar-refractivity contribution in [3.63, 3.8) is 0 Å². The fraction of sp³-hybridized carbons (Fsp3) is 0.500. The van der Waals surface area contributed by atoms with E-state index in [0.717, 1.165) is 24.9 Å². The Kier molecular flexibility index (Phi) is 4.94. The Hall–Kier alpha value is -2.21. The molecule has 3 rings (SSSR count). The summed E-state index contributed by atoms with van der Waals surface area (Å²) in [4.78, 5) is 39.7. The minimum atomic E-state index is -0.435. The van der Waals surface area contributed by atoms with Crippen LogP contribution in [0.15, 0.2) is 30.3 Å². The Balaban J connectivity index is 1.62. The van der Waals surface area contributed by atoms with Crippen molar-refractivity contribution < 1.29 is 14.4 Å². The summed E-state index contributed by atoms with van der Waals surface area (Å²) in [5.41, 5.74) is 6.51. The van der Waals surface area contributed by atoms with Crippen molar-refractivity contribution in [1.29, 1.82) is 0 Å². The second kappa shape index (κ2) is 7.13. The molecular weight excluding hydrogens is 306 g/mol. The monoisotopic (exact) mass is 329 g/mol. The van der Waals surface area contributed by atoms with E-state index in [9.17, 15) is 14.4 Å². The summed E-state index contributed by atoms with van der Waals surface area (Å²) >= 11 is 0. The first-order valence-electron chi connectivity index (χ1n) is 8.48. The first kappa shape index (κ1) is 16.6. The van der Waals surface area contributed by atoms with Crippen LogP contribution in [0.4, 0.5) is 0 Å². The average molecular weight is 329 g/mol. The van der Waals surface area contributed by atoms with Crippen molar-refractivity contribution in [1.82, 2.24) is 9.80 Å². The van der Waals surface area contributed by atoms with E-state index in [1.54, 1.807) is 0 Å². The number of primary amides is 1. The molecule has 0 radical (unpaired) electrons. The van der Waals surface area contributed by atoms with Crippen LogP contribution in [0.25, 0.3) is 0 Å². The normalized spacial score (nSPS) is 25.2. The number of rotatable bonds is 5. The van der Waals surface area contributed by atoms with Gasteiger partial charge in [0.25, 0.3) is 0 Å². The average Bonchev–Trinajstić information content (AvgIpc) is 2.88. The standard InChI is InChI=1S/C18H23N3O3/c19-17(23)14-7-4-9-20(12-14)15-11-16(22)21(18(15)24)10-8-13-5-2-1-3-6-13/h1-3,5-6,14-15H,4,7-12H2,(H2,19,23)/t14-,15+/m1/s1. The number of hydrogen-bond acceptors (Lipinski definition) is 4. The zero-order valence-electron chi connectivity index (χ0n) is 13.7. The van der Waals surface area contributed by atoms with E-state index in [0.29, 0.717) is 19.5 Å². The molecule has 128 valence electrons. The number of nitrogens with two attached hydrogens (primary N) is 1. The van der Waals surface area contributed by atoms with Crippen LogP contribution >= 0.6 is 0 Å². The van der Waals surface area contributed by atoms with Crippen LogP contribution in [-0.4, -0.2) is 53.2 Å². The summed E-state index contributed by atoms with van der Waals surface area (Å²) < 4.78 is 0. The summed E-state index contributed by atoms with van der Waals surface area (Å²) in [6, 6.07) is 9.38. The van der Waals surface area contributed by atoms with Crippen molar-refractivity contribution in [2.45, 2.75) is 31.7 Å². The van der Waals surface area contributed by atoms with Gasteiger partial charge in [-0.1, -0.05) is 30.3 Å². The van der Waals surface area contributed by atoms with Crippen LogP contribution in [0.2, 0.25) is 0 Å². The maximum Gasteiger partial charge on any atom is 0.247 e. The fourth-order valence-electron chi connectivity index (χ4n) is 3.59. The highest BCUT2D eigenvalue weighted by Gasteiger charge is 2.43. The Labute approximate surface area is 141 Å². The first-order valence-corrected chi connectivity index (χ1v) is 8.48. The second-order valence-corrected chi connectivity index (χ2v) is 6.58. The molecule has 2 fully saturated rings. The van der Waals surface area contributed by atoms with Gasteiger partial charge in [0.05, 0.1) is 18.4 Å². The molecular formula is C18H23N3O3. The van der Waals surface area contributed by atoms with Gasteiger partial charge in [-0.3, -0.25) is 24.2 Å². The molecule has 0 aliphatic carbocycles. The molecule has 2 atom stereocenters. The molecule has 6 heteroatoms. The predicted octanol–water partition coefficient (Wildman–Crippen LogP) is 0.554. The quantitative estimate of drug-likeness (QED) is 0.800. The molecule has 0 saturated carbocycles. The summed E-state index contributed by atoms with van der Waals surface area (Å²) in [5, 5.41) is 0. The van der Waals surface area contributed by atoms with Crippen molar-refractivity contribution in [2.24, 2.45) is 11.7 Å². The molecule has 0 bridgehead atoms. The summed E-state index contributed by atoms with van der Waals surface area (Å²) in [6.07, 6.45) is 2.46. The van der Waals surface area contributed by atoms with Gasteiger partial charge in [0.2, 0.25) is 17.7 Å². The van der Waals surface area contributed by atoms with E-state index in [1.165, 1.54) is 4.90 Å². The van der Waals surface area contributed by atoms with Crippen LogP contribution in [0.3, 0.4) is 0 Å². The Morgan fingerprint density at radius 2 is 1.96 bits per heavy atom. The lowest BCUT2D eigenvalue weighted by molar-refractivity contribution is -0.140. The van der Waals surface area contributed by atoms with Crippen LogP contribution < -0.4 is 5.73 Å². The number of carbonyl (C=O) groups excluding carboxylic acids is 3. The number of likely N-dealkylation sites (tertiary alicyclic amines) is 2. The Morgan fingerprint density at radius 3 is 2.67 bits per heavy atom. The van der Waals surface area contributed by atoms with Crippen molar-refractivity contribution >= 4 is 17.7 Å². The van der Waals surface area contributed by atoms with Gasteiger partial charge in [-0.25, -0.2) is 0 Å². The maximum atomic E-state index is 12.7. The third kappa shape index (κ3) is 3.48. The van der Waals surface area contributed by atoms with Crippen LogP contribution in [-0.2, 0) is 20.8 Å². The molecule has 0 aromatic heterocycles. The molecule has 2 aliphatic rings. The first-order chi connectivity index (χ1) is 11.6. The Morgan fingerprint density at radius 1 is 1.21 bits per heavy atom. The van der Waals surface area contributed by atoms with Crippen LogP contribution in [0, 0.1) is 5.92 Å². The van der Waals surface area contributed by atoms with E-state index in [4.69, 9.17) is 5.73 Å². The summed E-state index contributed by atoms with van der Waals surface area (Å²) in [5.74, 6) is -0.805. The molecule has 0 unspecified atom stereocenters. The number of carbonyl (C=O) groups is 3. The van der Waals surface area contributed by atoms with Gasteiger partial charge >= 0.3 is 0 Å². The smallest absolute Gasteiger partial charge is 0.247 e. The molecule has 1 aromatic carbocycles. The van der Waals surface area contributed by atoms with Gasteiger partial charge in [-0.15, -0.1) is 0 Å². The topological polar surface area (TPSA) is 83.7 Å². The molecule has 2 aliphatic heterocycles. The molecule has 0 spiro atoms. The summed E-state index contributed by atoms with van der Waals surface area (Å²) in [6.45, 7) is 1.62. The highest BCUT2D eigenvalue weighted by Crippen LogP contribution is 2.25. The SMILES string of the molecule is NC(=O)[C@@H]1CCCN([C@H]2CC(=O)N(CCc3ccccc3)C2=O)C1. The molecule has 2 saturated heterocycles. The lowest BCUT2D eigenvalue weighted by Crippen LogP contribution is -2.49. The van der Waals surface area contributed by atoms with Crippen molar-refractivity contribution in [3.05, 3.63) is 35.9 Å². The van der Waals surface area contributed by atoms with Crippen molar-refractivity contribution in [2.75, 3.05) is 19.6 Å². The number of benzene rings is 1. The van der Waals surface area contributed by atoms with Crippen LogP contribution in [0.1, 0.15) is 24.8 Å². The van der Waals surface area contributed by atoms with Gasteiger partial charge < -0.3 is 5.73 Å². The van der Waals surface area contributed by atoms with Gasteiger partial charge in [0.1, 0.15) is 0 Å². The molecule has 2 N–H and O–H groups in total. The zero-order valence-corrected chi connectivity index (χ0v) is 13.7. The van der Waals surface area contributed by atoms with E-state index in [-0.39, 0.29) is 30.1 Å². The third-order valence-electron chi connectivity index (χ3n) is 4.98. The van der Waals surface area contributed by atoms with Crippen molar-refractivity contribution in [3.8, 4) is 0 Å². The lowest BCUT2D eigenvalue weighted by atomic mass is 9.96. The third-order valence-corrected chi connectivity index (χ3v) is 4.98. The number of nitrogens with zero attached hydrogens (tertiary/aromatic N) is 2. The van der Waals surface area contributed by atoms with E-state index in [2.05, 4.69) is 0 Å². The molecule has 1 aromatic rings. The molecule has 2 heterocycles. The fourth-order valence-corrected chi connectivity index (χ4v) is 3.59. The minimum Gasteiger partial charge on any atom is -0.369 e. The second-order valence-electron chi connectivity index (χ2n) is 6.58. The number of piperidine rings is 1. The maximum absolute atomic E-state index is 12.7. The molecule has 6 nitrogen and oxygen atoms in total. The number of amides is 3. The minimum absolute atomic E-state index is 0.123. The van der Waals surface area contributed by atoms with Gasteiger partial charge in [0.15, 0.2) is 0 Å². The summed E-state index contributed by atoms with van der Waals surface area (Å²) in [7, 11) is 0. The molecule has 24 heavy (non-hydrogen) atoms. The van der Waals surface area contributed by atoms with Gasteiger partial charge in [-0.2, -0.15) is 0 Å². The predicted molar refractivity (Wildman–Crippen MR) is 88.8 cm³/mol. The largest absolute Gasteiger partial charge is 0.369 e. The number of hydrogen-bond donors (Lipinski definition) is 1. The van der Waals surface area contributed by atoms with E-state index in [1.807, 2.05) is 35.2 Å². The molecule has 3 amide bonds. The van der Waals surface area contributed by atoms with E-state index >= 15 is 0 Å². The number of imide groups is 1. The van der Waals surface area contributed by atoms with Gasteiger partial charge in [0, 0.05) is 13.1 Å². The van der Waals surface area contributed by atoms with Crippen LogP contribution in [0.5, 0.6) is 0 Å². The lowest BCUT2D eigenvalue weighted by Gasteiger charge is -2.34.